The lowest BCUT2D eigenvalue weighted by Gasteiger charge is -2.14. The van der Waals surface area contributed by atoms with Crippen molar-refractivity contribution in [3.8, 4) is 10.7 Å². The van der Waals surface area contributed by atoms with Gasteiger partial charge in [-0.05, 0) is 55.5 Å². The molecule has 0 spiro atoms. The fourth-order valence-corrected chi connectivity index (χ4v) is 6.18. The van der Waals surface area contributed by atoms with Gasteiger partial charge in [0.15, 0.2) is 11.0 Å². The van der Waals surface area contributed by atoms with Gasteiger partial charge in [0, 0.05) is 16.9 Å². The third-order valence-electron chi connectivity index (χ3n) is 4.99. The molecule has 144 valence electrons. The molecule has 4 aromatic rings. The number of aromatic nitrogens is 5. The first-order valence-corrected chi connectivity index (χ1v) is 11.7. The van der Waals surface area contributed by atoms with Crippen molar-refractivity contribution in [2.45, 2.75) is 49.5 Å². The van der Waals surface area contributed by atoms with E-state index in [9.17, 15) is 0 Å². The number of hydrogen-bond acceptors (Lipinski definition) is 8. The van der Waals surface area contributed by atoms with E-state index in [1.807, 2.05) is 6.07 Å². The van der Waals surface area contributed by atoms with Crippen LogP contribution in [0.25, 0.3) is 20.9 Å². The highest BCUT2D eigenvalue weighted by Gasteiger charge is 2.23. The maximum Gasteiger partial charge on any atom is 0.197 e. The van der Waals surface area contributed by atoms with Crippen LogP contribution in [0.1, 0.15) is 23.3 Å². The second-order valence-corrected chi connectivity index (χ2v) is 9.88. The van der Waals surface area contributed by atoms with Crippen LogP contribution in [0.2, 0.25) is 0 Å². The highest BCUT2D eigenvalue weighted by Crippen LogP contribution is 2.38. The van der Waals surface area contributed by atoms with Gasteiger partial charge in [0.1, 0.15) is 16.2 Å². The van der Waals surface area contributed by atoms with Gasteiger partial charge in [-0.15, -0.1) is 32.9 Å². The average Bonchev–Trinajstić information content (AvgIpc) is 3.46. The van der Waals surface area contributed by atoms with Gasteiger partial charge in [-0.2, -0.15) is 0 Å². The Morgan fingerprint density at radius 1 is 1.29 bits per heavy atom. The maximum absolute atomic E-state index is 5.89. The number of fused-ring (bicyclic) bond motifs is 1. The Labute approximate surface area is 175 Å². The molecule has 0 radical (unpaired) electrons. The van der Waals surface area contributed by atoms with E-state index < -0.39 is 0 Å². The molecule has 1 aliphatic rings. The maximum atomic E-state index is 5.89. The lowest BCUT2D eigenvalue weighted by atomic mass is 10.2. The van der Waals surface area contributed by atoms with Crippen LogP contribution in [0.15, 0.2) is 34.0 Å². The number of ether oxygens (including phenoxy) is 1. The Bertz CT molecular complexity index is 1110. The van der Waals surface area contributed by atoms with Crippen LogP contribution in [0.5, 0.6) is 0 Å². The Hall–Kier alpha value is -1.81. The summed E-state index contributed by atoms with van der Waals surface area (Å²) in [5, 5.41) is 14.0. The Morgan fingerprint density at radius 2 is 2.21 bits per heavy atom. The first-order valence-electron chi connectivity index (χ1n) is 9.18. The quantitative estimate of drug-likeness (QED) is 0.418. The van der Waals surface area contributed by atoms with E-state index in [1.54, 1.807) is 40.8 Å². The first-order chi connectivity index (χ1) is 13.7. The molecule has 5 rings (SSSR count). The zero-order valence-corrected chi connectivity index (χ0v) is 18.0. The smallest absolute Gasteiger partial charge is 0.197 e. The van der Waals surface area contributed by atoms with E-state index >= 15 is 0 Å². The molecule has 1 atom stereocenters. The van der Waals surface area contributed by atoms with Crippen LogP contribution in [-0.4, -0.2) is 37.4 Å². The summed E-state index contributed by atoms with van der Waals surface area (Å²) in [5.74, 6) is 0.900. The van der Waals surface area contributed by atoms with Crippen molar-refractivity contribution in [1.82, 2.24) is 24.7 Å². The van der Waals surface area contributed by atoms with Gasteiger partial charge in [0.05, 0.1) is 17.5 Å². The van der Waals surface area contributed by atoms with Crippen LogP contribution >= 0.6 is 34.4 Å². The molecule has 28 heavy (non-hydrogen) atoms. The van der Waals surface area contributed by atoms with Crippen molar-refractivity contribution in [1.29, 1.82) is 0 Å². The fraction of sp³-hybridized carbons (Fsp3) is 0.368. The van der Waals surface area contributed by atoms with Crippen LogP contribution in [0.4, 0.5) is 0 Å². The Kier molecular flexibility index (Phi) is 4.92. The zero-order valence-electron chi connectivity index (χ0n) is 15.6. The molecule has 0 aliphatic carbocycles. The minimum Gasteiger partial charge on any atom is -0.376 e. The zero-order chi connectivity index (χ0) is 19.1. The predicted octanol–water partition coefficient (Wildman–Crippen LogP) is 4.96. The molecular weight excluding hydrogens is 410 g/mol. The van der Waals surface area contributed by atoms with Gasteiger partial charge in [-0.1, -0.05) is 6.07 Å². The minimum absolute atomic E-state index is 0.213. The van der Waals surface area contributed by atoms with Crippen molar-refractivity contribution in [3.05, 3.63) is 34.3 Å². The molecule has 0 aromatic carbocycles. The van der Waals surface area contributed by atoms with E-state index in [4.69, 9.17) is 4.74 Å². The van der Waals surface area contributed by atoms with E-state index in [0.717, 1.165) is 57.1 Å². The van der Waals surface area contributed by atoms with Gasteiger partial charge in [-0.3, -0.25) is 4.57 Å². The summed E-state index contributed by atoms with van der Waals surface area (Å²) in [5.41, 5.74) is 1.24. The molecule has 0 amide bonds. The largest absolute Gasteiger partial charge is 0.376 e. The molecular formula is C19H19N5OS3. The summed E-state index contributed by atoms with van der Waals surface area (Å²) in [6, 6.07) is 4.13. The molecule has 6 nitrogen and oxygen atoms in total. The molecule has 0 saturated carbocycles. The van der Waals surface area contributed by atoms with E-state index in [1.165, 1.54) is 10.4 Å². The lowest BCUT2D eigenvalue weighted by Crippen LogP contribution is -2.16. The number of thiophene rings is 2. The van der Waals surface area contributed by atoms with Gasteiger partial charge >= 0.3 is 0 Å². The fourth-order valence-electron chi connectivity index (χ4n) is 3.42. The summed E-state index contributed by atoms with van der Waals surface area (Å²) in [6.45, 7) is 5.86. The van der Waals surface area contributed by atoms with Gasteiger partial charge in [0.2, 0.25) is 0 Å². The normalized spacial score (nSPS) is 17.0. The summed E-state index contributed by atoms with van der Waals surface area (Å²) in [6.07, 6.45) is 4.04. The van der Waals surface area contributed by atoms with Crippen LogP contribution in [0.3, 0.4) is 0 Å². The monoisotopic (exact) mass is 429 g/mol. The third kappa shape index (κ3) is 3.26. The van der Waals surface area contributed by atoms with E-state index in [2.05, 4.69) is 50.0 Å². The second-order valence-electron chi connectivity index (χ2n) is 6.77. The van der Waals surface area contributed by atoms with Crippen LogP contribution in [0, 0.1) is 13.8 Å². The molecule has 5 heterocycles. The molecule has 9 heteroatoms. The lowest BCUT2D eigenvalue weighted by molar-refractivity contribution is 0.0953. The van der Waals surface area contributed by atoms with Crippen LogP contribution in [-0.2, 0) is 11.3 Å². The molecule has 0 N–H and O–H groups in total. The molecule has 4 aromatic heterocycles. The highest BCUT2D eigenvalue weighted by atomic mass is 32.2. The Morgan fingerprint density at radius 3 is 3.00 bits per heavy atom. The third-order valence-corrected chi connectivity index (χ3v) is 7.96. The number of nitrogens with zero attached hydrogens (tertiary/aromatic N) is 5. The Balaban J connectivity index is 1.57. The van der Waals surface area contributed by atoms with Gasteiger partial charge < -0.3 is 4.74 Å². The van der Waals surface area contributed by atoms with E-state index in [0.29, 0.717) is 0 Å². The van der Waals surface area contributed by atoms with Crippen molar-refractivity contribution in [2.24, 2.45) is 0 Å². The molecule has 1 saturated heterocycles. The standard InChI is InChI=1S/C19H19N5OS3/c1-11-12(2)27-17-15(11)18(21-10-20-17)28-19-23-22-16(14-6-4-8-26-14)24(19)9-13-5-3-7-25-13/h4,6,8,10,13H,3,5,7,9H2,1-2H3/t13-/m0/s1. The SMILES string of the molecule is Cc1sc2ncnc(Sc3nnc(-c4cccs4)n3C[C@@H]3CCCO3)c2c1C. The average molecular weight is 430 g/mol. The molecule has 0 unspecified atom stereocenters. The topological polar surface area (TPSA) is 65.7 Å². The van der Waals surface area contributed by atoms with Crippen molar-refractivity contribution < 1.29 is 4.74 Å². The molecule has 0 bridgehead atoms. The summed E-state index contributed by atoms with van der Waals surface area (Å²) in [4.78, 5) is 12.4. The summed E-state index contributed by atoms with van der Waals surface area (Å²) >= 11 is 4.96. The number of hydrogen-bond donors (Lipinski definition) is 0. The van der Waals surface area contributed by atoms with Crippen LogP contribution < -0.4 is 0 Å². The number of rotatable bonds is 5. The number of aryl methyl sites for hydroxylation is 2. The van der Waals surface area contributed by atoms with E-state index in [-0.39, 0.29) is 6.10 Å². The van der Waals surface area contributed by atoms with Gasteiger partial charge in [-0.25, -0.2) is 9.97 Å². The first kappa shape index (κ1) is 18.2. The predicted molar refractivity (Wildman–Crippen MR) is 113 cm³/mol. The van der Waals surface area contributed by atoms with Gasteiger partial charge in [0.25, 0.3) is 0 Å². The van der Waals surface area contributed by atoms with Crippen molar-refractivity contribution in [2.75, 3.05) is 6.61 Å². The minimum atomic E-state index is 0.213. The highest BCUT2D eigenvalue weighted by molar-refractivity contribution is 7.99. The summed E-state index contributed by atoms with van der Waals surface area (Å²) < 4.78 is 8.08. The molecule has 1 fully saturated rings. The van der Waals surface area contributed by atoms with Crippen molar-refractivity contribution in [3.63, 3.8) is 0 Å². The van der Waals surface area contributed by atoms with Crippen molar-refractivity contribution >= 4 is 44.7 Å². The summed E-state index contributed by atoms with van der Waals surface area (Å²) in [7, 11) is 0. The molecule has 1 aliphatic heterocycles. The second kappa shape index (κ2) is 7.55.